The number of benzene rings is 2. The van der Waals surface area contributed by atoms with E-state index in [0.717, 1.165) is 13.4 Å². The lowest BCUT2D eigenvalue weighted by Gasteiger charge is -2.15. The van der Waals surface area contributed by atoms with Crippen LogP contribution in [-0.4, -0.2) is 0 Å². The number of alkyl halides is 1. The average molecular weight is 498 g/mol. The Morgan fingerprint density at radius 3 is 2.22 bits per heavy atom. The Hall–Kier alpha value is 0.360. The maximum Gasteiger partial charge on any atom is 0.0666 e. The van der Waals surface area contributed by atoms with Crippen LogP contribution in [0, 0.1) is 6.92 Å². The summed E-state index contributed by atoms with van der Waals surface area (Å²) in [6.45, 7) is 2.09. The summed E-state index contributed by atoms with van der Waals surface area (Å²) < 4.78 is 3.30. The van der Waals surface area contributed by atoms with Crippen LogP contribution in [0.4, 0.5) is 0 Å². The van der Waals surface area contributed by atoms with Gasteiger partial charge in [0.05, 0.1) is 4.83 Å². The molecule has 0 bridgehead atoms. The molecule has 0 fully saturated rings. The Bertz CT molecular complexity index is 578. The molecule has 0 amide bonds. The van der Waals surface area contributed by atoms with Gasteiger partial charge in [0.1, 0.15) is 0 Å². The van der Waals surface area contributed by atoms with E-state index in [2.05, 4.69) is 101 Å². The lowest BCUT2D eigenvalue weighted by atomic mass is 10.0. The molecule has 0 aliphatic heterocycles. The summed E-state index contributed by atoms with van der Waals surface area (Å²) in [7, 11) is 0. The quantitative estimate of drug-likeness (QED) is 0.402. The van der Waals surface area contributed by atoms with E-state index in [1.54, 1.807) is 0 Å². The summed E-state index contributed by atoms with van der Waals surface area (Å²) in [6, 6.07) is 12.6. The summed E-state index contributed by atoms with van der Waals surface area (Å²) in [5.41, 5.74) is 3.67. The second kappa shape index (κ2) is 6.21. The van der Waals surface area contributed by atoms with Gasteiger partial charge in [-0.15, -0.1) is 0 Å². The molecule has 2 aromatic rings. The van der Waals surface area contributed by atoms with Gasteiger partial charge in [-0.2, -0.15) is 0 Å². The topological polar surface area (TPSA) is 0 Å². The zero-order chi connectivity index (χ0) is 13.3. The molecule has 2 aromatic carbocycles. The van der Waals surface area contributed by atoms with Gasteiger partial charge in [-0.05, 0) is 47.9 Å². The van der Waals surface area contributed by atoms with Crippen molar-refractivity contribution in [3.05, 3.63) is 66.5 Å². The van der Waals surface area contributed by atoms with E-state index in [-0.39, 0.29) is 4.83 Å². The summed E-state index contributed by atoms with van der Waals surface area (Å²) in [4.78, 5) is 0.152. The first-order valence-corrected chi connectivity index (χ1v) is 8.63. The normalized spacial score (nSPS) is 12.5. The van der Waals surface area contributed by atoms with E-state index < -0.39 is 0 Å². The van der Waals surface area contributed by atoms with Crippen molar-refractivity contribution in [1.29, 1.82) is 0 Å². The minimum atomic E-state index is 0.152. The van der Waals surface area contributed by atoms with Crippen molar-refractivity contribution < 1.29 is 0 Å². The largest absolute Gasteiger partial charge is 0.0786 e. The van der Waals surface area contributed by atoms with Crippen LogP contribution in [0.25, 0.3) is 0 Å². The van der Waals surface area contributed by atoms with Crippen LogP contribution < -0.4 is 0 Å². The molecule has 0 heterocycles. The number of aryl methyl sites for hydroxylation is 1. The molecule has 1 unspecified atom stereocenters. The summed E-state index contributed by atoms with van der Waals surface area (Å²) >= 11 is 14.5. The predicted octanol–water partition coefficient (Wildman–Crippen LogP) is 6.77. The van der Waals surface area contributed by atoms with Crippen LogP contribution in [0.1, 0.15) is 21.5 Å². The lowest BCUT2D eigenvalue weighted by molar-refractivity contribution is 1.14. The molecule has 18 heavy (non-hydrogen) atoms. The van der Waals surface area contributed by atoms with Crippen LogP contribution in [-0.2, 0) is 0 Å². The Labute approximate surface area is 141 Å². The van der Waals surface area contributed by atoms with E-state index in [1.165, 1.54) is 16.7 Å². The molecule has 0 aliphatic carbocycles. The third-order valence-corrected chi connectivity index (χ3v) is 5.55. The maximum absolute atomic E-state index is 3.77. The highest BCUT2D eigenvalue weighted by molar-refractivity contribution is 9.11. The van der Waals surface area contributed by atoms with E-state index in [1.807, 2.05) is 6.07 Å². The molecule has 0 aliphatic rings. The van der Waals surface area contributed by atoms with Crippen molar-refractivity contribution in [3.8, 4) is 0 Å². The Morgan fingerprint density at radius 2 is 1.56 bits per heavy atom. The zero-order valence-corrected chi connectivity index (χ0v) is 15.9. The summed E-state index contributed by atoms with van der Waals surface area (Å²) in [5.74, 6) is 0. The Morgan fingerprint density at radius 1 is 0.833 bits per heavy atom. The van der Waals surface area contributed by atoms with Crippen molar-refractivity contribution in [2.24, 2.45) is 0 Å². The van der Waals surface area contributed by atoms with Gasteiger partial charge in [-0.3, -0.25) is 0 Å². The molecule has 0 nitrogen and oxygen atoms in total. The molecule has 94 valence electrons. The fourth-order valence-corrected chi connectivity index (χ4v) is 4.68. The van der Waals surface area contributed by atoms with Gasteiger partial charge in [0.25, 0.3) is 0 Å². The molecule has 1 atom stereocenters. The van der Waals surface area contributed by atoms with Gasteiger partial charge in [0.2, 0.25) is 0 Å². The molecular weight excluding hydrogens is 488 g/mol. The van der Waals surface area contributed by atoms with Crippen LogP contribution in [0.3, 0.4) is 0 Å². The van der Waals surface area contributed by atoms with Crippen molar-refractivity contribution in [3.63, 3.8) is 0 Å². The smallest absolute Gasteiger partial charge is 0.0666 e. The van der Waals surface area contributed by atoms with Gasteiger partial charge in [0, 0.05) is 13.4 Å². The second-order valence-corrected chi connectivity index (χ2v) is 7.59. The third kappa shape index (κ3) is 3.27. The van der Waals surface area contributed by atoms with Gasteiger partial charge < -0.3 is 0 Å². The summed E-state index contributed by atoms with van der Waals surface area (Å²) in [5, 5.41) is 0. The van der Waals surface area contributed by atoms with Crippen molar-refractivity contribution in [2.45, 2.75) is 11.8 Å². The van der Waals surface area contributed by atoms with Crippen LogP contribution in [0.15, 0.2) is 49.8 Å². The van der Waals surface area contributed by atoms with Gasteiger partial charge >= 0.3 is 0 Å². The number of hydrogen-bond donors (Lipinski definition) is 0. The first-order chi connectivity index (χ1) is 8.49. The predicted molar refractivity (Wildman–Crippen MR) is 91.5 cm³/mol. The molecule has 0 spiro atoms. The van der Waals surface area contributed by atoms with Crippen LogP contribution in [0.2, 0.25) is 0 Å². The fourth-order valence-electron chi connectivity index (χ4n) is 1.71. The highest BCUT2D eigenvalue weighted by Crippen LogP contribution is 2.39. The average Bonchev–Trinajstić information content (AvgIpc) is 2.31. The highest BCUT2D eigenvalue weighted by atomic mass is 79.9. The molecule has 0 radical (unpaired) electrons. The van der Waals surface area contributed by atoms with E-state index in [0.29, 0.717) is 0 Å². The SMILES string of the molecule is Cc1ccc(C(Br)c2cc(Br)ccc2Br)c(Br)c1. The van der Waals surface area contributed by atoms with Crippen molar-refractivity contribution in [2.75, 3.05) is 0 Å². The molecular formula is C14H10Br4. The number of rotatable bonds is 2. The molecule has 0 aromatic heterocycles. The first-order valence-electron chi connectivity index (χ1n) is 5.34. The molecule has 0 saturated carbocycles. The second-order valence-electron chi connectivity index (χ2n) is 4.05. The fraction of sp³-hybridized carbons (Fsp3) is 0.143. The Kier molecular flexibility index (Phi) is 5.09. The molecule has 0 N–H and O–H groups in total. The standard InChI is InChI=1S/C14H10Br4/c1-8-2-4-10(13(17)6-8)14(18)11-7-9(15)3-5-12(11)16/h2-7,14H,1H3. The molecule has 4 heteroatoms. The van der Waals surface area contributed by atoms with Crippen molar-refractivity contribution >= 4 is 63.7 Å². The first kappa shape index (κ1) is 14.8. The maximum atomic E-state index is 3.77. The van der Waals surface area contributed by atoms with E-state index >= 15 is 0 Å². The third-order valence-electron chi connectivity index (χ3n) is 2.66. The van der Waals surface area contributed by atoms with Crippen molar-refractivity contribution in [1.82, 2.24) is 0 Å². The number of hydrogen-bond acceptors (Lipinski definition) is 0. The van der Waals surface area contributed by atoms with Gasteiger partial charge in [-0.25, -0.2) is 0 Å². The minimum Gasteiger partial charge on any atom is -0.0786 e. The lowest BCUT2D eigenvalue weighted by Crippen LogP contribution is -1.96. The summed E-state index contributed by atoms with van der Waals surface area (Å²) in [6.07, 6.45) is 0. The van der Waals surface area contributed by atoms with E-state index in [9.17, 15) is 0 Å². The monoisotopic (exact) mass is 494 g/mol. The van der Waals surface area contributed by atoms with Crippen LogP contribution in [0.5, 0.6) is 0 Å². The zero-order valence-electron chi connectivity index (χ0n) is 9.55. The molecule has 2 rings (SSSR count). The molecule has 0 saturated heterocycles. The van der Waals surface area contributed by atoms with Gasteiger partial charge in [-0.1, -0.05) is 75.9 Å². The van der Waals surface area contributed by atoms with E-state index in [4.69, 9.17) is 0 Å². The Balaban J connectivity index is 2.47. The highest BCUT2D eigenvalue weighted by Gasteiger charge is 2.16. The van der Waals surface area contributed by atoms with Gasteiger partial charge in [0.15, 0.2) is 0 Å². The van der Waals surface area contributed by atoms with Crippen LogP contribution >= 0.6 is 63.7 Å². The number of halogens is 4. The minimum absolute atomic E-state index is 0.152.